The molecule has 4 rings (SSSR count). The highest BCUT2D eigenvalue weighted by Crippen LogP contribution is 2.47. The molecule has 2 heterocycles. The van der Waals surface area contributed by atoms with Crippen LogP contribution in [0.15, 0.2) is 29.2 Å². The van der Waals surface area contributed by atoms with Crippen molar-refractivity contribution in [3.63, 3.8) is 0 Å². The first-order valence-corrected chi connectivity index (χ1v) is 9.16. The number of aromatic nitrogens is 3. The summed E-state index contributed by atoms with van der Waals surface area (Å²) in [6.07, 6.45) is 7.42. The second kappa shape index (κ2) is 6.90. The predicted octanol–water partition coefficient (Wildman–Crippen LogP) is 2.76. The molecule has 2 atom stereocenters. The lowest BCUT2D eigenvalue weighted by Crippen LogP contribution is -2.41. The lowest BCUT2D eigenvalue weighted by atomic mass is 10.3. The van der Waals surface area contributed by atoms with Crippen LogP contribution in [0.5, 0.6) is 0 Å². The van der Waals surface area contributed by atoms with Crippen LogP contribution < -0.4 is 5.32 Å². The lowest BCUT2D eigenvalue weighted by molar-refractivity contribution is 0.186. The molecule has 2 fully saturated rings. The Morgan fingerprint density at radius 1 is 1.44 bits per heavy atom. The maximum Gasteiger partial charge on any atom is 0.318 e. The van der Waals surface area contributed by atoms with E-state index in [4.69, 9.17) is 4.42 Å². The predicted molar refractivity (Wildman–Crippen MR) is 91.8 cm³/mol. The molecule has 2 aliphatic rings. The van der Waals surface area contributed by atoms with Gasteiger partial charge in [-0.15, -0.1) is 0 Å². The van der Waals surface area contributed by atoms with Crippen molar-refractivity contribution in [1.82, 2.24) is 25.0 Å². The first-order valence-electron chi connectivity index (χ1n) is 9.16. The van der Waals surface area contributed by atoms with Crippen LogP contribution in [0.25, 0.3) is 0 Å². The molecular weight excluding hydrogens is 318 g/mol. The molecule has 7 nitrogen and oxygen atoms in total. The van der Waals surface area contributed by atoms with Gasteiger partial charge in [0.05, 0.1) is 6.54 Å². The molecular formula is C18H25N5O2. The summed E-state index contributed by atoms with van der Waals surface area (Å²) in [5.41, 5.74) is 0. The van der Waals surface area contributed by atoms with Gasteiger partial charge >= 0.3 is 6.03 Å². The Morgan fingerprint density at radius 2 is 2.28 bits per heavy atom. The van der Waals surface area contributed by atoms with Gasteiger partial charge in [0.1, 0.15) is 24.2 Å². The monoisotopic (exact) mass is 343 g/mol. The highest BCUT2D eigenvalue weighted by Gasteiger charge is 2.37. The Kier molecular flexibility index (Phi) is 4.46. The number of hydrogen-bond donors (Lipinski definition) is 1. The largest absolute Gasteiger partial charge is 0.464 e. The molecule has 0 aliphatic heterocycles. The van der Waals surface area contributed by atoms with Crippen LogP contribution in [0.4, 0.5) is 4.79 Å². The number of amides is 2. The molecule has 134 valence electrons. The van der Waals surface area contributed by atoms with Crippen LogP contribution in [-0.2, 0) is 13.1 Å². The van der Waals surface area contributed by atoms with Crippen molar-refractivity contribution in [2.24, 2.45) is 5.92 Å². The fourth-order valence-corrected chi connectivity index (χ4v) is 3.20. The van der Waals surface area contributed by atoms with Crippen molar-refractivity contribution in [2.75, 3.05) is 6.54 Å². The van der Waals surface area contributed by atoms with E-state index in [0.717, 1.165) is 43.2 Å². The molecule has 1 N–H and O–H groups in total. The number of aryl methyl sites for hydroxylation is 1. The van der Waals surface area contributed by atoms with Gasteiger partial charge in [0.15, 0.2) is 0 Å². The maximum atomic E-state index is 12.5. The third-order valence-corrected chi connectivity index (χ3v) is 5.04. The standard InChI is InChI=1S/C18H25N5O2/c1-13-9-16(13)17-6-5-15(25-17)10-23(14-3-4-14)18(24)20-7-2-8-22-12-19-11-21-22/h5-6,11-14,16H,2-4,7-10H2,1H3,(H,20,24). The Bertz CT molecular complexity index is 707. The summed E-state index contributed by atoms with van der Waals surface area (Å²) >= 11 is 0. The quantitative estimate of drug-likeness (QED) is 0.748. The number of carbonyl (C=O) groups excluding carboxylic acids is 1. The average molecular weight is 343 g/mol. The van der Waals surface area contributed by atoms with Crippen LogP contribution in [0.1, 0.15) is 50.0 Å². The minimum absolute atomic E-state index is 0.00108. The van der Waals surface area contributed by atoms with Gasteiger partial charge in [0, 0.05) is 25.0 Å². The van der Waals surface area contributed by atoms with Crippen molar-refractivity contribution in [3.05, 3.63) is 36.3 Å². The molecule has 0 saturated heterocycles. The number of nitrogens with zero attached hydrogens (tertiary/aromatic N) is 4. The average Bonchev–Trinajstić information content (AvgIpc) is 3.46. The second-order valence-corrected chi connectivity index (χ2v) is 7.23. The van der Waals surface area contributed by atoms with E-state index in [1.54, 1.807) is 11.0 Å². The smallest absolute Gasteiger partial charge is 0.318 e. The number of nitrogens with one attached hydrogen (secondary N) is 1. The van der Waals surface area contributed by atoms with E-state index in [-0.39, 0.29) is 6.03 Å². The van der Waals surface area contributed by atoms with E-state index in [9.17, 15) is 4.79 Å². The minimum Gasteiger partial charge on any atom is -0.464 e. The molecule has 2 saturated carbocycles. The summed E-state index contributed by atoms with van der Waals surface area (Å²) in [5, 5.41) is 7.08. The topological polar surface area (TPSA) is 76.2 Å². The number of hydrogen-bond acceptors (Lipinski definition) is 4. The summed E-state index contributed by atoms with van der Waals surface area (Å²) in [6, 6.07) is 4.45. The Hall–Kier alpha value is -2.31. The Morgan fingerprint density at radius 3 is 2.96 bits per heavy atom. The van der Waals surface area contributed by atoms with Gasteiger partial charge in [-0.25, -0.2) is 9.78 Å². The fourth-order valence-electron chi connectivity index (χ4n) is 3.20. The van der Waals surface area contributed by atoms with Crippen molar-refractivity contribution in [3.8, 4) is 0 Å². The third kappa shape index (κ3) is 4.03. The molecule has 0 spiro atoms. The molecule has 7 heteroatoms. The minimum atomic E-state index is -0.00108. The summed E-state index contributed by atoms with van der Waals surface area (Å²) < 4.78 is 7.74. The number of urea groups is 1. The Labute approximate surface area is 147 Å². The summed E-state index contributed by atoms with van der Waals surface area (Å²) in [6.45, 7) is 4.19. The van der Waals surface area contributed by atoms with Crippen molar-refractivity contribution >= 4 is 6.03 Å². The molecule has 2 aliphatic carbocycles. The molecule has 2 unspecified atom stereocenters. The number of carbonyl (C=O) groups is 1. The maximum absolute atomic E-state index is 12.5. The van der Waals surface area contributed by atoms with E-state index < -0.39 is 0 Å². The van der Waals surface area contributed by atoms with E-state index in [0.29, 0.717) is 25.0 Å². The Balaban J connectivity index is 1.27. The van der Waals surface area contributed by atoms with Gasteiger partial charge in [0.25, 0.3) is 0 Å². The molecule has 0 radical (unpaired) electrons. The summed E-state index contributed by atoms with van der Waals surface area (Å²) in [5.74, 6) is 3.27. The second-order valence-electron chi connectivity index (χ2n) is 7.23. The molecule has 2 aromatic rings. The molecule has 2 amide bonds. The van der Waals surface area contributed by atoms with E-state index in [1.165, 1.54) is 12.7 Å². The van der Waals surface area contributed by atoms with Gasteiger partial charge in [-0.05, 0) is 43.7 Å². The van der Waals surface area contributed by atoms with Crippen LogP contribution >= 0.6 is 0 Å². The van der Waals surface area contributed by atoms with Gasteiger partial charge < -0.3 is 14.6 Å². The van der Waals surface area contributed by atoms with Gasteiger partial charge in [0.2, 0.25) is 0 Å². The van der Waals surface area contributed by atoms with Crippen LogP contribution in [-0.4, -0.2) is 38.3 Å². The normalized spacial score (nSPS) is 22.0. The molecule has 2 aromatic heterocycles. The van der Waals surface area contributed by atoms with Crippen LogP contribution in [0.2, 0.25) is 0 Å². The van der Waals surface area contributed by atoms with Gasteiger partial charge in [-0.2, -0.15) is 5.10 Å². The highest BCUT2D eigenvalue weighted by atomic mass is 16.3. The molecule has 25 heavy (non-hydrogen) atoms. The van der Waals surface area contributed by atoms with E-state index >= 15 is 0 Å². The van der Waals surface area contributed by atoms with Gasteiger partial charge in [-0.1, -0.05) is 6.92 Å². The SMILES string of the molecule is CC1CC1c1ccc(CN(C(=O)NCCCn2cncn2)C2CC2)o1. The zero-order valence-electron chi connectivity index (χ0n) is 14.6. The zero-order chi connectivity index (χ0) is 17.2. The van der Waals surface area contributed by atoms with Crippen molar-refractivity contribution in [2.45, 2.75) is 57.7 Å². The van der Waals surface area contributed by atoms with Crippen LogP contribution in [0.3, 0.4) is 0 Å². The fraction of sp³-hybridized carbons (Fsp3) is 0.611. The zero-order valence-corrected chi connectivity index (χ0v) is 14.6. The lowest BCUT2D eigenvalue weighted by Gasteiger charge is -2.21. The number of furan rings is 1. The van der Waals surface area contributed by atoms with Crippen LogP contribution in [0, 0.1) is 5.92 Å². The van der Waals surface area contributed by atoms with Crippen molar-refractivity contribution in [1.29, 1.82) is 0 Å². The summed E-state index contributed by atoms with van der Waals surface area (Å²) in [7, 11) is 0. The first-order chi connectivity index (χ1) is 12.2. The van der Waals surface area contributed by atoms with Gasteiger partial charge in [-0.3, -0.25) is 4.68 Å². The molecule has 0 bridgehead atoms. The summed E-state index contributed by atoms with van der Waals surface area (Å²) in [4.78, 5) is 18.4. The third-order valence-electron chi connectivity index (χ3n) is 5.04. The van der Waals surface area contributed by atoms with E-state index in [1.807, 2.05) is 11.0 Å². The first kappa shape index (κ1) is 16.2. The van der Waals surface area contributed by atoms with Crippen molar-refractivity contribution < 1.29 is 9.21 Å². The number of rotatable bonds is 8. The highest BCUT2D eigenvalue weighted by molar-refractivity contribution is 5.74. The van der Waals surface area contributed by atoms with E-state index in [2.05, 4.69) is 28.4 Å². The molecule has 0 aromatic carbocycles.